The van der Waals surface area contributed by atoms with Crippen molar-refractivity contribution in [2.24, 2.45) is 5.92 Å². The highest BCUT2D eigenvalue weighted by Crippen LogP contribution is 2.23. The molecule has 1 fully saturated rings. The molecule has 0 radical (unpaired) electrons. The average Bonchev–Trinajstić information content (AvgIpc) is 2.78. The van der Waals surface area contributed by atoms with Gasteiger partial charge in [0.15, 0.2) is 0 Å². The van der Waals surface area contributed by atoms with E-state index >= 15 is 0 Å². The highest BCUT2D eigenvalue weighted by molar-refractivity contribution is 5.83. The molecule has 0 saturated heterocycles. The normalized spacial score (nSPS) is 20.6. The summed E-state index contributed by atoms with van der Waals surface area (Å²) in [5.74, 6) is 0.0200. The summed E-state index contributed by atoms with van der Waals surface area (Å²) in [5.41, 5.74) is 0. The molecule has 0 aromatic heterocycles. The lowest BCUT2D eigenvalue weighted by Gasteiger charge is -2.17. The molecular formula is C18H34N4O3. The fraction of sp³-hybridized carbons (Fsp3) is 0.833. The summed E-state index contributed by atoms with van der Waals surface area (Å²) in [6, 6.07) is 0.115. The van der Waals surface area contributed by atoms with Crippen molar-refractivity contribution >= 4 is 17.7 Å². The van der Waals surface area contributed by atoms with Crippen LogP contribution < -0.4 is 16.0 Å². The van der Waals surface area contributed by atoms with Crippen molar-refractivity contribution in [1.29, 1.82) is 0 Å². The van der Waals surface area contributed by atoms with Crippen molar-refractivity contribution in [3.05, 3.63) is 0 Å². The third kappa shape index (κ3) is 9.43. The topological polar surface area (TPSA) is 90.5 Å². The Morgan fingerprint density at radius 2 is 1.68 bits per heavy atom. The summed E-state index contributed by atoms with van der Waals surface area (Å²) in [6.07, 6.45) is 4.78. The lowest BCUT2D eigenvalue weighted by molar-refractivity contribution is -0.126. The zero-order valence-electron chi connectivity index (χ0n) is 15.9. The van der Waals surface area contributed by atoms with Gasteiger partial charge in [-0.15, -0.1) is 0 Å². The Kier molecular flexibility index (Phi) is 10.1. The average molecular weight is 354 g/mol. The Labute approximate surface area is 151 Å². The smallest absolute Gasteiger partial charge is 0.223 e. The molecule has 7 heteroatoms. The number of likely N-dealkylation sites (N-methyl/N-ethyl adjacent to an activating group) is 1. The van der Waals surface area contributed by atoms with Gasteiger partial charge in [-0.05, 0) is 46.7 Å². The van der Waals surface area contributed by atoms with Crippen LogP contribution >= 0.6 is 0 Å². The van der Waals surface area contributed by atoms with Gasteiger partial charge in [0.25, 0.3) is 0 Å². The summed E-state index contributed by atoms with van der Waals surface area (Å²) < 4.78 is 0. The number of amides is 3. The van der Waals surface area contributed by atoms with Crippen LogP contribution in [0.3, 0.4) is 0 Å². The minimum Gasteiger partial charge on any atom is -0.356 e. The Bertz CT molecular complexity index is 440. The van der Waals surface area contributed by atoms with Gasteiger partial charge in [-0.3, -0.25) is 14.4 Å². The molecule has 1 aliphatic rings. The molecule has 0 heterocycles. The van der Waals surface area contributed by atoms with Gasteiger partial charge in [-0.25, -0.2) is 0 Å². The highest BCUT2D eigenvalue weighted by atomic mass is 16.2. The van der Waals surface area contributed by atoms with Crippen LogP contribution in [0.2, 0.25) is 0 Å². The summed E-state index contributed by atoms with van der Waals surface area (Å²) in [4.78, 5) is 37.7. The molecule has 0 aromatic rings. The van der Waals surface area contributed by atoms with Crippen LogP contribution in [0.4, 0.5) is 0 Å². The Balaban J connectivity index is 2.23. The molecule has 0 spiro atoms. The van der Waals surface area contributed by atoms with E-state index in [1.807, 2.05) is 25.9 Å². The second-order valence-electron chi connectivity index (χ2n) is 7.02. The van der Waals surface area contributed by atoms with Crippen LogP contribution in [0.5, 0.6) is 0 Å². The third-order valence-electron chi connectivity index (χ3n) is 4.52. The molecule has 144 valence electrons. The van der Waals surface area contributed by atoms with E-state index < -0.39 is 0 Å². The van der Waals surface area contributed by atoms with Gasteiger partial charge < -0.3 is 20.9 Å². The quantitative estimate of drug-likeness (QED) is 0.530. The first-order chi connectivity index (χ1) is 11.9. The number of nitrogens with one attached hydrogen (secondary N) is 3. The summed E-state index contributed by atoms with van der Waals surface area (Å²) in [6.45, 7) is 3.96. The van der Waals surface area contributed by atoms with Crippen LogP contribution in [0, 0.1) is 5.92 Å². The number of rotatable bonds is 9. The molecule has 25 heavy (non-hydrogen) atoms. The fourth-order valence-electron chi connectivity index (χ4n) is 3.06. The number of carbonyl (C=O) groups is 3. The van der Waals surface area contributed by atoms with Gasteiger partial charge in [0.2, 0.25) is 17.7 Å². The predicted molar refractivity (Wildman–Crippen MR) is 98.0 cm³/mol. The van der Waals surface area contributed by atoms with E-state index in [9.17, 15) is 14.4 Å². The van der Waals surface area contributed by atoms with Crippen molar-refractivity contribution in [2.75, 3.05) is 33.7 Å². The van der Waals surface area contributed by atoms with Gasteiger partial charge in [0.05, 0.1) is 0 Å². The maximum absolute atomic E-state index is 12.0. The van der Waals surface area contributed by atoms with Gasteiger partial charge >= 0.3 is 0 Å². The third-order valence-corrected chi connectivity index (χ3v) is 4.52. The lowest BCUT2D eigenvalue weighted by atomic mass is 9.99. The molecule has 3 N–H and O–H groups in total. The van der Waals surface area contributed by atoms with E-state index in [-0.39, 0.29) is 42.5 Å². The van der Waals surface area contributed by atoms with Crippen molar-refractivity contribution in [1.82, 2.24) is 20.9 Å². The van der Waals surface area contributed by atoms with E-state index in [0.717, 1.165) is 38.6 Å². The highest BCUT2D eigenvalue weighted by Gasteiger charge is 2.24. The van der Waals surface area contributed by atoms with Crippen molar-refractivity contribution < 1.29 is 14.4 Å². The van der Waals surface area contributed by atoms with E-state index in [2.05, 4.69) is 16.0 Å². The SMILES string of the molecule is CCNC(=O)C1CCCC(NC(=O)CCC(=O)NCCN(C)C)CC1. The number of hydrogen-bond acceptors (Lipinski definition) is 4. The van der Waals surface area contributed by atoms with Crippen molar-refractivity contribution in [3.8, 4) is 0 Å². The first-order valence-corrected chi connectivity index (χ1v) is 9.40. The molecule has 1 saturated carbocycles. The fourth-order valence-corrected chi connectivity index (χ4v) is 3.06. The van der Waals surface area contributed by atoms with Crippen molar-refractivity contribution in [3.63, 3.8) is 0 Å². The maximum atomic E-state index is 12.0. The monoisotopic (exact) mass is 354 g/mol. The minimum atomic E-state index is -0.0887. The molecule has 0 aromatic carbocycles. The predicted octanol–water partition coefficient (Wildman–Crippen LogP) is 0.646. The molecule has 3 amide bonds. The standard InChI is InChI=1S/C18H34N4O3/c1-4-19-18(25)14-6-5-7-15(9-8-14)21-17(24)11-10-16(23)20-12-13-22(2)3/h14-15H,4-13H2,1-3H3,(H,19,25)(H,20,23)(H,21,24). The molecule has 0 bridgehead atoms. The molecule has 0 aliphatic heterocycles. The van der Waals surface area contributed by atoms with E-state index in [4.69, 9.17) is 0 Å². The van der Waals surface area contributed by atoms with Crippen LogP contribution in [0.1, 0.15) is 51.9 Å². The molecule has 2 atom stereocenters. The second-order valence-corrected chi connectivity index (χ2v) is 7.02. The summed E-state index contributed by atoms with van der Waals surface area (Å²) in [5, 5.41) is 8.71. The zero-order chi connectivity index (χ0) is 18.7. The molecule has 1 rings (SSSR count). The largest absolute Gasteiger partial charge is 0.356 e. The van der Waals surface area contributed by atoms with Crippen LogP contribution in [-0.2, 0) is 14.4 Å². The Morgan fingerprint density at radius 3 is 2.36 bits per heavy atom. The van der Waals surface area contributed by atoms with Crippen LogP contribution in [-0.4, -0.2) is 62.4 Å². The van der Waals surface area contributed by atoms with Gasteiger partial charge in [0.1, 0.15) is 0 Å². The van der Waals surface area contributed by atoms with Crippen molar-refractivity contribution in [2.45, 2.75) is 57.9 Å². The first kappa shape index (κ1) is 21.4. The van der Waals surface area contributed by atoms with E-state index in [1.54, 1.807) is 0 Å². The van der Waals surface area contributed by atoms with E-state index in [1.165, 1.54) is 0 Å². The number of hydrogen-bond donors (Lipinski definition) is 3. The van der Waals surface area contributed by atoms with Gasteiger partial charge in [-0.2, -0.15) is 0 Å². The van der Waals surface area contributed by atoms with Crippen LogP contribution in [0.15, 0.2) is 0 Å². The number of nitrogens with zero attached hydrogens (tertiary/aromatic N) is 1. The molecule has 7 nitrogen and oxygen atoms in total. The maximum Gasteiger partial charge on any atom is 0.223 e. The number of carbonyl (C=O) groups excluding carboxylic acids is 3. The Morgan fingerprint density at radius 1 is 0.960 bits per heavy atom. The second kappa shape index (κ2) is 11.8. The lowest BCUT2D eigenvalue weighted by Crippen LogP contribution is -2.36. The van der Waals surface area contributed by atoms with Gasteiger partial charge in [-0.1, -0.05) is 6.42 Å². The molecule has 1 aliphatic carbocycles. The van der Waals surface area contributed by atoms with Gasteiger partial charge in [0, 0.05) is 44.4 Å². The minimum absolute atomic E-state index is 0.0596. The zero-order valence-corrected chi connectivity index (χ0v) is 15.9. The summed E-state index contributed by atoms with van der Waals surface area (Å²) in [7, 11) is 3.89. The first-order valence-electron chi connectivity index (χ1n) is 9.40. The summed E-state index contributed by atoms with van der Waals surface area (Å²) >= 11 is 0. The van der Waals surface area contributed by atoms with Crippen LogP contribution in [0.25, 0.3) is 0 Å². The van der Waals surface area contributed by atoms with E-state index in [0.29, 0.717) is 13.1 Å². The molecule has 2 unspecified atom stereocenters. The Hall–Kier alpha value is -1.63. The molecular weight excluding hydrogens is 320 g/mol.